The lowest BCUT2D eigenvalue weighted by Gasteiger charge is -2.05. The summed E-state index contributed by atoms with van der Waals surface area (Å²) in [7, 11) is 0. The standard InChI is InChI=1S/C16H18N2O2S/c1-4-7-18-12(2)9-15(13(18)3)16(19)11-20-17-10-14-6-5-8-21-14/h4-6,8-10H,1,7,11H2,2-3H3/b17-10+. The van der Waals surface area contributed by atoms with Gasteiger partial charge in [-0.25, -0.2) is 0 Å². The number of allylic oxidation sites excluding steroid dienone is 1. The molecular formula is C16H18N2O2S. The van der Waals surface area contributed by atoms with Gasteiger partial charge in [-0.15, -0.1) is 17.9 Å². The first-order chi connectivity index (χ1) is 10.1. The number of carbonyl (C=O) groups excluding carboxylic acids is 1. The fraction of sp³-hybridized carbons (Fsp3) is 0.250. The highest BCUT2D eigenvalue weighted by Crippen LogP contribution is 2.16. The maximum Gasteiger partial charge on any atom is 0.204 e. The van der Waals surface area contributed by atoms with Gasteiger partial charge in [0.05, 0.1) is 6.21 Å². The van der Waals surface area contributed by atoms with E-state index >= 15 is 0 Å². The first-order valence-corrected chi connectivity index (χ1v) is 7.51. The lowest BCUT2D eigenvalue weighted by atomic mass is 10.2. The fourth-order valence-corrected chi connectivity index (χ4v) is 2.70. The zero-order chi connectivity index (χ0) is 15.2. The minimum atomic E-state index is -0.0678. The number of Topliss-reactive ketones (excluding diaryl/α,β-unsaturated/α-hetero) is 1. The van der Waals surface area contributed by atoms with E-state index in [1.807, 2.05) is 43.5 Å². The van der Waals surface area contributed by atoms with E-state index in [1.165, 1.54) is 0 Å². The normalized spacial score (nSPS) is 11.0. The monoisotopic (exact) mass is 302 g/mol. The molecule has 110 valence electrons. The van der Waals surface area contributed by atoms with Crippen molar-refractivity contribution in [1.29, 1.82) is 0 Å². The number of thiophene rings is 1. The summed E-state index contributed by atoms with van der Waals surface area (Å²) in [4.78, 5) is 18.2. The van der Waals surface area contributed by atoms with Crippen molar-refractivity contribution < 1.29 is 9.63 Å². The van der Waals surface area contributed by atoms with E-state index in [0.29, 0.717) is 12.1 Å². The molecular weight excluding hydrogens is 284 g/mol. The largest absolute Gasteiger partial charge is 0.387 e. The Bertz CT molecular complexity index is 654. The quantitative estimate of drug-likeness (QED) is 0.339. The highest BCUT2D eigenvalue weighted by atomic mass is 32.1. The summed E-state index contributed by atoms with van der Waals surface area (Å²) < 4.78 is 2.05. The molecule has 0 aromatic carbocycles. The van der Waals surface area contributed by atoms with Crippen LogP contribution in [0.2, 0.25) is 0 Å². The summed E-state index contributed by atoms with van der Waals surface area (Å²) in [5, 5.41) is 5.78. The molecule has 0 radical (unpaired) electrons. The molecule has 2 aromatic heterocycles. The molecule has 0 amide bonds. The molecule has 0 N–H and O–H groups in total. The summed E-state index contributed by atoms with van der Waals surface area (Å²) in [6.45, 7) is 8.27. The molecule has 0 bridgehead atoms. The zero-order valence-electron chi connectivity index (χ0n) is 12.2. The number of nitrogens with zero attached hydrogens (tertiary/aromatic N) is 2. The molecule has 0 aliphatic carbocycles. The number of oxime groups is 1. The zero-order valence-corrected chi connectivity index (χ0v) is 13.0. The minimum absolute atomic E-state index is 0.0553. The van der Waals surface area contributed by atoms with Crippen LogP contribution in [0.25, 0.3) is 0 Å². The summed E-state index contributed by atoms with van der Waals surface area (Å²) in [5.41, 5.74) is 2.65. The van der Waals surface area contributed by atoms with Gasteiger partial charge in [0.15, 0.2) is 6.61 Å². The van der Waals surface area contributed by atoms with Crippen LogP contribution in [0.4, 0.5) is 0 Å². The van der Waals surface area contributed by atoms with Gasteiger partial charge in [-0.2, -0.15) is 0 Å². The molecule has 0 saturated carbocycles. The average Bonchev–Trinajstić information content (AvgIpc) is 3.07. The van der Waals surface area contributed by atoms with Gasteiger partial charge >= 0.3 is 0 Å². The number of ketones is 1. The Morgan fingerprint density at radius 2 is 2.33 bits per heavy atom. The van der Waals surface area contributed by atoms with Crippen molar-refractivity contribution in [2.24, 2.45) is 5.16 Å². The van der Waals surface area contributed by atoms with Crippen LogP contribution in [0.3, 0.4) is 0 Å². The Balaban J connectivity index is 1.97. The van der Waals surface area contributed by atoms with E-state index < -0.39 is 0 Å². The number of rotatable bonds is 7. The van der Waals surface area contributed by atoms with Gasteiger partial charge in [-0.3, -0.25) is 4.79 Å². The summed E-state index contributed by atoms with van der Waals surface area (Å²) in [6.07, 6.45) is 3.43. The van der Waals surface area contributed by atoms with E-state index in [9.17, 15) is 4.79 Å². The highest BCUT2D eigenvalue weighted by molar-refractivity contribution is 7.11. The highest BCUT2D eigenvalue weighted by Gasteiger charge is 2.15. The van der Waals surface area contributed by atoms with E-state index in [2.05, 4.69) is 16.3 Å². The van der Waals surface area contributed by atoms with Gasteiger partial charge in [0.2, 0.25) is 5.78 Å². The minimum Gasteiger partial charge on any atom is -0.387 e. The summed E-state index contributed by atoms with van der Waals surface area (Å²) >= 11 is 1.56. The molecule has 0 fully saturated rings. The third-order valence-electron chi connectivity index (χ3n) is 3.18. The Hall–Kier alpha value is -2.14. The van der Waals surface area contributed by atoms with Crippen molar-refractivity contribution in [2.45, 2.75) is 20.4 Å². The molecule has 0 aliphatic heterocycles. The maximum absolute atomic E-state index is 12.2. The van der Waals surface area contributed by atoms with Crippen LogP contribution in [-0.4, -0.2) is 23.2 Å². The SMILES string of the molecule is C=CCn1c(C)cc(C(=O)CO/N=C/c2cccs2)c1C. The van der Waals surface area contributed by atoms with Crippen LogP contribution < -0.4 is 0 Å². The molecule has 5 heteroatoms. The third-order valence-corrected chi connectivity index (χ3v) is 3.99. The second-order valence-electron chi connectivity index (χ2n) is 4.63. The van der Waals surface area contributed by atoms with Gasteiger partial charge in [-0.1, -0.05) is 17.3 Å². The van der Waals surface area contributed by atoms with Crippen molar-refractivity contribution in [1.82, 2.24) is 4.57 Å². The molecule has 0 spiro atoms. The van der Waals surface area contributed by atoms with E-state index in [0.717, 1.165) is 16.3 Å². The molecule has 0 aliphatic rings. The Kier molecular flexibility index (Phi) is 5.11. The van der Waals surface area contributed by atoms with Gasteiger partial charge in [-0.05, 0) is 31.4 Å². The molecule has 2 heterocycles. The Labute approximate surface area is 128 Å². The lowest BCUT2D eigenvalue weighted by Crippen LogP contribution is -2.09. The molecule has 21 heavy (non-hydrogen) atoms. The van der Waals surface area contributed by atoms with Gasteiger partial charge in [0, 0.05) is 28.4 Å². The summed E-state index contributed by atoms with van der Waals surface area (Å²) in [6, 6.07) is 5.75. The smallest absolute Gasteiger partial charge is 0.204 e. The van der Waals surface area contributed by atoms with Crippen molar-refractivity contribution in [3.05, 3.63) is 58.1 Å². The molecule has 2 rings (SSSR count). The first kappa shape index (κ1) is 15.3. The van der Waals surface area contributed by atoms with Crippen LogP contribution in [0.5, 0.6) is 0 Å². The van der Waals surface area contributed by atoms with Gasteiger partial charge in [0.1, 0.15) is 0 Å². The molecule has 4 nitrogen and oxygen atoms in total. The topological polar surface area (TPSA) is 43.6 Å². The molecule has 0 unspecified atom stereocenters. The number of aromatic nitrogens is 1. The van der Waals surface area contributed by atoms with Gasteiger partial charge in [0.25, 0.3) is 0 Å². The van der Waals surface area contributed by atoms with E-state index in [1.54, 1.807) is 17.6 Å². The Morgan fingerprint density at radius 3 is 3.00 bits per heavy atom. The number of aryl methyl sites for hydroxylation is 1. The third kappa shape index (κ3) is 3.70. The van der Waals surface area contributed by atoms with Crippen LogP contribution in [0.15, 0.2) is 41.4 Å². The predicted octanol–water partition coefficient (Wildman–Crippen LogP) is 3.59. The first-order valence-electron chi connectivity index (χ1n) is 6.63. The second-order valence-corrected chi connectivity index (χ2v) is 5.61. The van der Waals surface area contributed by atoms with Crippen LogP contribution >= 0.6 is 11.3 Å². The Morgan fingerprint density at radius 1 is 1.52 bits per heavy atom. The molecule has 2 aromatic rings. The van der Waals surface area contributed by atoms with Crippen molar-refractivity contribution >= 4 is 23.3 Å². The average molecular weight is 302 g/mol. The maximum atomic E-state index is 12.2. The van der Waals surface area contributed by atoms with Crippen molar-refractivity contribution in [2.75, 3.05) is 6.61 Å². The van der Waals surface area contributed by atoms with Crippen LogP contribution in [0.1, 0.15) is 26.6 Å². The summed E-state index contributed by atoms with van der Waals surface area (Å²) in [5.74, 6) is -0.0678. The fourth-order valence-electron chi connectivity index (χ4n) is 2.12. The van der Waals surface area contributed by atoms with E-state index in [4.69, 9.17) is 4.84 Å². The van der Waals surface area contributed by atoms with Gasteiger partial charge < -0.3 is 9.40 Å². The lowest BCUT2D eigenvalue weighted by molar-refractivity contribution is 0.0778. The number of carbonyl (C=O) groups is 1. The second kappa shape index (κ2) is 7.04. The van der Waals surface area contributed by atoms with Crippen molar-refractivity contribution in [3.8, 4) is 0 Å². The van der Waals surface area contributed by atoms with Crippen molar-refractivity contribution in [3.63, 3.8) is 0 Å². The van der Waals surface area contributed by atoms with Crippen LogP contribution in [0, 0.1) is 13.8 Å². The molecule has 0 saturated heterocycles. The number of hydrogen-bond donors (Lipinski definition) is 0. The van der Waals surface area contributed by atoms with E-state index in [-0.39, 0.29) is 12.4 Å². The molecule has 0 atom stereocenters. The predicted molar refractivity (Wildman–Crippen MR) is 86.3 cm³/mol. The number of hydrogen-bond acceptors (Lipinski definition) is 4. The van der Waals surface area contributed by atoms with Crippen LogP contribution in [-0.2, 0) is 11.4 Å².